The third kappa shape index (κ3) is 0.776. The Morgan fingerprint density at radius 2 is 2.62 bits per heavy atom. The maximum atomic E-state index is 11.5. The zero-order chi connectivity index (χ0) is 5.98. The van der Waals surface area contributed by atoms with E-state index in [1.165, 1.54) is 6.20 Å². The van der Waals surface area contributed by atoms with E-state index in [2.05, 4.69) is 9.40 Å². The molecule has 0 radical (unpaired) electrons. The van der Waals surface area contributed by atoms with E-state index in [1.54, 1.807) is 0 Å². The molecule has 0 aliphatic heterocycles. The molecule has 3 nitrogen and oxygen atoms in total. The molecule has 0 aliphatic rings. The van der Waals surface area contributed by atoms with E-state index in [-0.39, 0.29) is 5.76 Å². The minimum Gasteiger partial charge on any atom is -0.410 e. The van der Waals surface area contributed by atoms with E-state index >= 15 is 0 Å². The summed E-state index contributed by atoms with van der Waals surface area (Å²) in [5.74, 6) is -0.576. The quantitative estimate of drug-likeness (QED) is 0.580. The van der Waals surface area contributed by atoms with Crippen molar-refractivity contribution in [2.75, 3.05) is 0 Å². The lowest BCUT2D eigenvalue weighted by Gasteiger charge is -1.74. The van der Waals surface area contributed by atoms with Crippen molar-refractivity contribution in [3.63, 3.8) is 0 Å². The molecule has 44 valence electrons. The number of halogens is 1. The minimum atomic E-state index is -0.737. The number of hydrogen-bond donors (Lipinski definition) is 1. The highest BCUT2D eigenvalue weighted by Gasteiger charge is 1.93. The molecule has 4 heteroatoms. The average Bonchev–Trinajstić information content (AvgIpc) is 2.14. The van der Waals surface area contributed by atoms with Gasteiger partial charge in [0.2, 0.25) is 0 Å². The van der Waals surface area contributed by atoms with Crippen LogP contribution in [-0.2, 0) is 6.67 Å². The first-order valence-electron chi connectivity index (χ1n) is 2.06. The summed E-state index contributed by atoms with van der Waals surface area (Å²) in [7, 11) is 0. The molecule has 0 amide bonds. The summed E-state index contributed by atoms with van der Waals surface area (Å²) in [6.45, 7) is -0.737. The van der Waals surface area contributed by atoms with Crippen molar-refractivity contribution in [1.82, 2.24) is 4.98 Å². The van der Waals surface area contributed by atoms with Crippen molar-refractivity contribution < 1.29 is 8.81 Å². The van der Waals surface area contributed by atoms with Gasteiger partial charge in [-0.25, -0.2) is 9.18 Å². The van der Waals surface area contributed by atoms with Crippen molar-refractivity contribution in [3.05, 3.63) is 22.5 Å². The second-order valence-corrected chi connectivity index (χ2v) is 1.28. The lowest BCUT2D eigenvalue weighted by Crippen LogP contribution is -1.92. The summed E-state index contributed by atoms with van der Waals surface area (Å²) in [6.07, 6.45) is 1.20. The van der Waals surface area contributed by atoms with Gasteiger partial charge in [-0.2, -0.15) is 0 Å². The summed E-state index contributed by atoms with van der Waals surface area (Å²) >= 11 is 0. The number of oxazole rings is 1. The van der Waals surface area contributed by atoms with Crippen LogP contribution in [0.1, 0.15) is 5.76 Å². The van der Waals surface area contributed by atoms with Gasteiger partial charge in [0.05, 0.1) is 0 Å². The Balaban J connectivity index is 3.01. The van der Waals surface area contributed by atoms with Crippen molar-refractivity contribution >= 4 is 0 Å². The third-order valence-electron chi connectivity index (χ3n) is 0.707. The van der Waals surface area contributed by atoms with E-state index in [0.717, 1.165) is 0 Å². The van der Waals surface area contributed by atoms with Crippen LogP contribution in [0.2, 0.25) is 0 Å². The van der Waals surface area contributed by atoms with Crippen LogP contribution in [0.4, 0.5) is 4.39 Å². The molecule has 0 saturated carbocycles. The van der Waals surface area contributed by atoms with Gasteiger partial charge in [0.25, 0.3) is 0 Å². The molecule has 0 aliphatic carbocycles. The summed E-state index contributed by atoms with van der Waals surface area (Å²) in [4.78, 5) is 12.2. The van der Waals surface area contributed by atoms with E-state index in [4.69, 9.17) is 0 Å². The van der Waals surface area contributed by atoms with Gasteiger partial charge in [-0.05, 0) is 0 Å². The molecule has 1 N–H and O–H groups in total. The molecular formula is C4H4FNO2. The number of alkyl halides is 1. The fourth-order valence-corrected chi connectivity index (χ4v) is 0.383. The molecule has 8 heavy (non-hydrogen) atoms. The SMILES string of the molecule is O=c1[nH]cc(CF)o1. The van der Waals surface area contributed by atoms with Crippen LogP contribution < -0.4 is 5.76 Å². The monoisotopic (exact) mass is 117 g/mol. The molecule has 0 spiro atoms. The molecule has 0 atom stereocenters. The number of rotatable bonds is 1. The molecule has 0 unspecified atom stereocenters. The zero-order valence-electron chi connectivity index (χ0n) is 3.98. The Morgan fingerprint density at radius 1 is 1.88 bits per heavy atom. The smallest absolute Gasteiger partial charge is 0.410 e. The lowest BCUT2D eigenvalue weighted by atomic mass is 10.6. The zero-order valence-corrected chi connectivity index (χ0v) is 3.98. The van der Waals surface area contributed by atoms with E-state index in [0.29, 0.717) is 0 Å². The lowest BCUT2D eigenvalue weighted by molar-refractivity contribution is 0.378. The molecule has 1 heterocycles. The Bertz CT molecular complexity index is 214. The summed E-state index contributed by atoms with van der Waals surface area (Å²) in [5, 5.41) is 0. The summed E-state index contributed by atoms with van der Waals surface area (Å²) < 4.78 is 15.7. The van der Waals surface area contributed by atoms with Gasteiger partial charge in [0.15, 0.2) is 5.76 Å². The molecular weight excluding hydrogens is 113 g/mol. The Morgan fingerprint density at radius 3 is 2.88 bits per heavy atom. The Hall–Kier alpha value is -1.06. The molecule has 1 aromatic heterocycles. The molecule has 1 aromatic rings. The number of aromatic amines is 1. The van der Waals surface area contributed by atoms with Crippen LogP contribution in [0.3, 0.4) is 0 Å². The largest absolute Gasteiger partial charge is 0.416 e. The molecule has 0 aromatic carbocycles. The van der Waals surface area contributed by atoms with Crippen molar-refractivity contribution in [1.29, 1.82) is 0 Å². The molecule has 0 bridgehead atoms. The number of nitrogens with one attached hydrogen (secondary N) is 1. The van der Waals surface area contributed by atoms with Gasteiger partial charge in [0.1, 0.15) is 6.67 Å². The minimum absolute atomic E-state index is 0.0370. The highest BCUT2D eigenvalue weighted by Crippen LogP contribution is 1.92. The highest BCUT2D eigenvalue weighted by atomic mass is 19.1. The topological polar surface area (TPSA) is 46.0 Å². The van der Waals surface area contributed by atoms with Gasteiger partial charge in [-0.3, -0.25) is 4.98 Å². The van der Waals surface area contributed by atoms with E-state index < -0.39 is 12.4 Å². The van der Waals surface area contributed by atoms with Crippen LogP contribution >= 0.6 is 0 Å². The normalized spacial score (nSPS) is 9.62. The Kier molecular flexibility index (Phi) is 1.15. The number of H-pyrrole nitrogens is 1. The van der Waals surface area contributed by atoms with E-state index in [1.807, 2.05) is 0 Å². The molecule has 0 saturated heterocycles. The van der Waals surface area contributed by atoms with Gasteiger partial charge in [-0.1, -0.05) is 0 Å². The fraction of sp³-hybridized carbons (Fsp3) is 0.250. The predicted molar refractivity (Wildman–Crippen MR) is 24.1 cm³/mol. The fourth-order valence-electron chi connectivity index (χ4n) is 0.383. The van der Waals surface area contributed by atoms with Gasteiger partial charge >= 0.3 is 5.76 Å². The standard InChI is InChI=1S/C4H4FNO2/c5-1-3-2-6-4(7)8-3/h2H,1H2,(H,6,7). The van der Waals surface area contributed by atoms with Gasteiger partial charge in [-0.15, -0.1) is 0 Å². The second kappa shape index (κ2) is 1.81. The second-order valence-electron chi connectivity index (χ2n) is 1.28. The summed E-state index contributed by atoms with van der Waals surface area (Å²) in [6, 6.07) is 0. The molecule has 1 rings (SSSR count). The van der Waals surface area contributed by atoms with E-state index in [9.17, 15) is 9.18 Å². The van der Waals surface area contributed by atoms with Crippen LogP contribution in [0.15, 0.2) is 15.4 Å². The third-order valence-corrected chi connectivity index (χ3v) is 0.707. The average molecular weight is 117 g/mol. The van der Waals surface area contributed by atoms with Crippen molar-refractivity contribution in [3.8, 4) is 0 Å². The Labute approximate surface area is 44.1 Å². The number of aromatic nitrogens is 1. The van der Waals surface area contributed by atoms with Gasteiger partial charge in [0, 0.05) is 6.20 Å². The highest BCUT2D eigenvalue weighted by molar-refractivity contribution is 4.84. The van der Waals surface area contributed by atoms with Crippen LogP contribution in [-0.4, -0.2) is 4.98 Å². The van der Waals surface area contributed by atoms with Gasteiger partial charge < -0.3 is 4.42 Å². The molecule has 0 fully saturated rings. The van der Waals surface area contributed by atoms with Crippen LogP contribution in [0.5, 0.6) is 0 Å². The predicted octanol–water partition coefficient (Wildman–Crippen LogP) is 0.437. The van der Waals surface area contributed by atoms with Crippen LogP contribution in [0.25, 0.3) is 0 Å². The van der Waals surface area contributed by atoms with Crippen molar-refractivity contribution in [2.24, 2.45) is 0 Å². The van der Waals surface area contributed by atoms with Crippen molar-refractivity contribution in [2.45, 2.75) is 6.67 Å². The summed E-state index contributed by atoms with van der Waals surface area (Å²) in [5.41, 5.74) is 0. The first-order valence-corrected chi connectivity index (χ1v) is 2.06. The first-order chi connectivity index (χ1) is 3.83. The number of hydrogen-bond acceptors (Lipinski definition) is 2. The first kappa shape index (κ1) is 5.08. The maximum absolute atomic E-state index is 11.5. The van der Waals surface area contributed by atoms with Crippen LogP contribution in [0, 0.1) is 0 Å². The maximum Gasteiger partial charge on any atom is 0.416 e.